The van der Waals surface area contributed by atoms with Gasteiger partial charge in [0.15, 0.2) is 11.6 Å². The van der Waals surface area contributed by atoms with Crippen LogP contribution in [0.4, 0.5) is 8.78 Å². The van der Waals surface area contributed by atoms with E-state index in [9.17, 15) is 8.78 Å². The van der Waals surface area contributed by atoms with Gasteiger partial charge in [-0.2, -0.15) is 0 Å². The monoisotopic (exact) mass is 227 g/mol. The number of rotatable bonds is 5. The Bertz CT molecular complexity index is 337. The Morgan fingerprint density at radius 3 is 2.50 bits per heavy atom. The smallest absolute Gasteiger partial charge is 0.163 e. The highest BCUT2D eigenvalue weighted by Gasteiger charge is 2.09. The van der Waals surface area contributed by atoms with Crippen LogP contribution in [0.25, 0.3) is 0 Å². The third-order valence-corrected chi connectivity index (χ3v) is 2.95. The van der Waals surface area contributed by atoms with Gasteiger partial charge in [0, 0.05) is 12.1 Å². The van der Waals surface area contributed by atoms with Crippen molar-refractivity contribution in [2.24, 2.45) is 11.8 Å². The molecule has 0 aromatic heterocycles. The van der Waals surface area contributed by atoms with Gasteiger partial charge < -0.3 is 5.32 Å². The van der Waals surface area contributed by atoms with Gasteiger partial charge in [-0.1, -0.05) is 32.9 Å². The molecule has 0 fully saturated rings. The summed E-state index contributed by atoms with van der Waals surface area (Å²) in [5, 5.41) is 3.14. The van der Waals surface area contributed by atoms with Gasteiger partial charge in [-0.25, -0.2) is 8.78 Å². The molecule has 90 valence electrons. The summed E-state index contributed by atoms with van der Waals surface area (Å²) >= 11 is 0. The average Bonchev–Trinajstić information content (AvgIpc) is 2.24. The van der Waals surface area contributed by atoms with E-state index in [1.807, 2.05) is 0 Å². The van der Waals surface area contributed by atoms with Crippen LogP contribution in [-0.4, -0.2) is 6.54 Å². The normalized spacial score (nSPS) is 13.1. The van der Waals surface area contributed by atoms with Gasteiger partial charge in [0.25, 0.3) is 0 Å². The summed E-state index contributed by atoms with van der Waals surface area (Å²) in [4.78, 5) is 0. The average molecular weight is 227 g/mol. The Morgan fingerprint density at radius 2 is 1.88 bits per heavy atom. The maximum atomic E-state index is 13.3. The SMILES string of the molecule is CC(C)C(C)CNCc1cccc(F)c1F. The van der Waals surface area contributed by atoms with Crippen molar-refractivity contribution >= 4 is 0 Å². The van der Waals surface area contributed by atoms with Gasteiger partial charge in [0.1, 0.15) is 0 Å². The van der Waals surface area contributed by atoms with E-state index in [4.69, 9.17) is 0 Å². The highest BCUT2D eigenvalue weighted by atomic mass is 19.2. The molecule has 0 spiro atoms. The molecule has 0 saturated carbocycles. The van der Waals surface area contributed by atoms with Crippen LogP contribution in [0.5, 0.6) is 0 Å². The van der Waals surface area contributed by atoms with E-state index in [0.717, 1.165) is 12.6 Å². The maximum absolute atomic E-state index is 13.3. The predicted molar refractivity (Wildman–Crippen MR) is 62.1 cm³/mol. The van der Waals surface area contributed by atoms with Crippen molar-refractivity contribution in [3.8, 4) is 0 Å². The first-order chi connectivity index (χ1) is 7.52. The summed E-state index contributed by atoms with van der Waals surface area (Å²) < 4.78 is 26.2. The van der Waals surface area contributed by atoms with Crippen LogP contribution < -0.4 is 5.32 Å². The lowest BCUT2D eigenvalue weighted by molar-refractivity contribution is 0.389. The molecule has 0 heterocycles. The summed E-state index contributed by atoms with van der Waals surface area (Å²) in [5.41, 5.74) is 0.385. The van der Waals surface area contributed by atoms with Crippen molar-refractivity contribution in [2.45, 2.75) is 27.3 Å². The zero-order chi connectivity index (χ0) is 12.1. The summed E-state index contributed by atoms with van der Waals surface area (Å²) in [7, 11) is 0. The molecular formula is C13H19F2N. The first kappa shape index (κ1) is 13.1. The molecule has 0 aliphatic carbocycles. The van der Waals surface area contributed by atoms with Crippen molar-refractivity contribution in [1.29, 1.82) is 0 Å². The standard InChI is InChI=1S/C13H19F2N/c1-9(2)10(3)7-16-8-11-5-4-6-12(14)13(11)15/h4-6,9-10,16H,7-8H2,1-3H3. The Labute approximate surface area is 95.9 Å². The van der Waals surface area contributed by atoms with Crippen LogP contribution in [-0.2, 0) is 6.54 Å². The molecule has 0 aliphatic rings. The van der Waals surface area contributed by atoms with Gasteiger partial charge in [-0.15, -0.1) is 0 Å². The second-order valence-electron chi connectivity index (χ2n) is 4.57. The lowest BCUT2D eigenvalue weighted by atomic mass is 9.98. The maximum Gasteiger partial charge on any atom is 0.163 e. The first-order valence-corrected chi connectivity index (χ1v) is 5.66. The molecular weight excluding hydrogens is 208 g/mol. The van der Waals surface area contributed by atoms with E-state index >= 15 is 0 Å². The van der Waals surface area contributed by atoms with Crippen molar-refractivity contribution < 1.29 is 8.78 Å². The molecule has 1 nitrogen and oxygen atoms in total. The summed E-state index contributed by atoms with van der Waals surface area (Å²) in [6, 6.07) is 4.27. The molecule has 16 heavy (non-hydrogen) atoms. The zero-order valence-corrected chi connectivity index (χ0v) is 10.1. The van der Waals surface area contributed by atoms with E-state index in [0.29, 0.717) is 23.9 Å². The van der Waals surface area contributed by atoms with Crippen LogP contribution in [0.15, 0.2) is 18.2 Å². The second-order valence-corrected chi connectivity index (χ2v) is 4.57. The number of benzene rings is 1. The minimum absolute atomic E-state index is 0.376. The number of hydrogen-bond donors (Lipinski definition) is 1. The molecule has 0 aliphatic heterocycles. The number of hydrogen-bond acceptors (Lipinski definition) is 1. The Balaban J connectivity index is 2.46. The molecule has 1 aromatic carbocycles. The minimum atomic E-state index is -0.781. The fourth-order valence-corrected chi connectivity index (χ4v) is 1.36. The van der Waals surface area contributed by atoms with E-state index in [1.165, 1.54) is 6.07 Å². The fraction of sp³-hybridized carbons (Fsp3) is 0.538. The van der Waals surface area contributed by atoms with Gasteiger partial charge >= 0.3 is 0 Å². The Morgan fingerprint density at radius 1 is 1.19 bits per heavy atom. The first-order valence-electron chi connectivity index (χ1n) is 5.66. The molecule has 1 aromatic rings. The van der Waals surface area contributed by atoms with Gasteiger partial charge in [0.2, 0.25) is 0 Å². The van der Waals surface area contributed by atoms with Crippen LogP contribution in [0.3, 0.4) is 0 Å². The highest BCUT2D eigenvalue weighted by Crippen LogP contribution is 2.12. The largest absolute Gasteiger partial charge is 0.312 e. The van der Waals surface area contributed by atoms with E-state index < -0.39 is 11.6 Å². The van der Waals surface area contributed by atoms with E-state index in [-0.39, 0.29) is 0 Å². The molecule has 3 heteroatoms. The van der Waals surface area contributed by atoms with Crippen LogP contribution in [0.2, 0.25) is 0 Å². The Kier molecular flexibility index (Phi) is 4.87. The molecule has 0 amide bonds. The summed E-state index contributed by atoms with van der Waals surface area (Å²) in [5.74, 6) is -0.412. The zero-order valence-electron chi connectivity index (χ0n) is 10.1. The van der Waals surface area contributed by atoms with Crippen molar-refractivity contribution in [3.05, 3.63) is 35.4 Å². The summed E-state index contributed by atoms with van der Waals surface area (Å²) in [6.45, 7) is 7.62. The van der Waals surface area contributed by atoms with Crippen molar-refractivity contribution in [2.75, 3.05) is 6.54 Å². The van der Waals surface area contributed by atoms with E-state index in [2.05, 4.69) is 26.1 Å². The third-order valence-electron chi connectivity index (χ3n) is 2.95. The lowest BCUT2D eigenvalue weighted by Crippen LogP contribution is -2.24. The predicted octanol–water partition coefficient (Wildman–Crippen LogP) is 3.35. The molecule has 1 N–H and O–H groups in total. The molecule has 0 saturated heterocycles. The molecule has 0 bridgehead atoms. The lowest BCUT2D eigenvalue weighted by Gasteiger charge is -2.16. The van der Waals surface area contributed by atoms with Crippen molar-refractivity contribution in [1.82, 2.24) is 5.32 Å². The molecule has 1 unspecified atom stereocenters. The van der Waals surface area contributed by atoms with Crippen LogP contribution >= 0.6 is 0 Å². The molecule has 1 atom stereocenters. The van der Waals surface area contributed by atoms with Gasteiger partial charge in [-0.3, -0.25) is 0 Å². The van der Waals surface area contributed by atoms with E-state index in [1.54, 1.807) is 6.07 Å². The van der Waals surface area contributed by atoms with Crippen molar-refractivity contribution in [3.63, 3.8) is 0 Å². The third kappa shape index (κ3) is 3.56. The quantitative estimate of drug-likeness (QED) is 0.813. The van der Waals surface area contributed by atoms with Gasteiger partial charge in [0.05, 0.1) is 0 Å². The topological polar surface area (TPSA) is 12.0 Å². The van der Waals surface area contributed by atoms with Gasteiger partial charge in [-0.05, 0) is 24.4 Å². The summed E-state index contributed by atoms with van der Waals surface area (Å²) in [6.07, 6.45) is 0. The number of nitrogens with one attached hydrogen (secondary N) is 1. The Hall–Kier alpha value is -0.960. The minimum Gasteiger partial charge on any atom is -0.312 e. The second kappa shape index (κ2) is 5.94. The highest BCUT2D eigenvalue weighted by molar-refractivity contribution is 5.18. The fourth-order valence-electron chi connectivity index (χ4n) is 1.36. The molecule has 1 rings (SSSR count). The van der Waals surface area contributed by atoms with Crippen LogP contribution in [0.1, 0.15) is 26.3 Å². The number of halogens is 2. The molecule has 0 radical (unpaired) electrons. The van der Waals surface area contributed by atoms with Crippen LogP contribution in [0, 0.1) is 23.5 Å².